The molecule has 88 valence electrons. The first kappa shape index (κ1) is 11.3. The van der Waals surface area contributed by atoms with Gasteiger partial charge in [0.2, 0.25) is 0 Å². The molecule has 2 heterocycles. The van der Waals surface area contributed by atoms with Crippen LogP contribution in [-0.4, -0.2) is 24.2 Å². The molecule has 1 aliphatic heterocycles. The number of nitrogens with one attached hydrogen (secondary N) is 1. The minimum atomic E-state index is -0.752. The summed E-state index contributed by atoms with van der Waals surface area (Å²) in [5.41, 5.74) is 0. The summed E-state index contributed by atoms with van der Waals surface area (Å²) in [6, 6.07) is 0.781. The van der Waals surface area contributed by atoms with Gasteiger partial charge in [0.25, 0.3) is 5.88 Å². The third-order valence-electron chi connectivity index (χ3n) is 2.79. The van der Waals surface area contributed by atoms with E-state index in [1.54, 1.807) is 0 Å². The molecule has 2 unspecified atom stereocenters. The number of halogens is 2. The molecular weight excluding hydrogens is 214 g/mol. The zero-order chi connectivity index (χ0) is 11.5. The predicted octanol–water partition coefficient (Wildman–Crippen LogP) is 1.74. The van der Waals surface area contributed by atoms with Crippen LogP contribution in [0.1, 0.15) is 13.3 Å². The summed E-state index contributed by atoms with van der Waals surface area (Å²) in [6.45, 7) is 3.66. The molecule has 3 nitrogen and oxygen atoms in total. The number of pyridine rings is 1. The van der Waals surface area contributed by atoms with Gasteiger partial charge in [-0.15, -0.1) is 0 Å². The third kappa shape index (κ3) is 2.47. The van der Waals surface area contributed by atoms with E-state index in [0.29, 0.717) is 12.5 Å². The van der Waals surface area contributed by atoms with Gasteiger partial charge in [-0.25, -0.2) is 13.8 Å². The number of hydrogen-bond acceptors (Lipinski definition) is 3. The first-order valence-corrected chi connectivity index (χ1v) is 5.35. The monoisotopic (exact) mass is 228 g/mol. The minimum Gasteiger partial charge on any atom is -0.471 e. The van der Waals surface area contributed by atoms with Gasteiger partial charge in [-0.2, -0.15) is 0 Å². The summed E-state index contributed by atoms with van der Waals surface area (Å²) in [5.74, 6) is -1.23. The fourth-order valence-electron chi connectivity index (χ4n) is 1.75. The Morgan fingerprint density at radius 1 is 1.50 bits per heavy atom. The van der Waals surface area contributed by atoms with Gasteiger partial charge in [-0.1, -0.05) is 6.92 Å². The molecule has 0 aromatic carbocycles. The Morgan fingerprint density at radius 2 is 2.31 bits per heavy atom. The standard InChI is InChI=1S/C11H14F2N2O/c1-7-2-3-14-6-10(7)16-11-9(13)4-8(12)5-15-11/h4-5,7,10,14H,2-3,6H2,1H3. The van der Waals surface area contributed by atoms with E-state index in [4.69, 9.17) is 4.74 Å². The highest BCUT2D eigenvalue weighted by Crippen LogP contribution is 2.20. The summed E-state index contributed by atoms with van der Waals surface area (Å²) in [5, 5.41) is 3.17. The molecule has 5 heteroatoms. The molecule has 1 N–H and O–H groups in total. The van der Waals surface area contributed by atoms with Crippen LogP contribution in [0.3, 0.4) is 0 Å². The highest BCUT2D eigenvalue weighted by Gasteiger charge is 2.24. The highest BCUT2D eigenvalue weighted by atomic mass is 19.1. The van der Waals surface area contributed by atoms with E-state index in [2.05, 4.69) is 10.3 Å². The van der Waals surface area contributed by atoms with Crippen LogP contribution >= 0.6 is 0 Å². The van der Waals surface area contributed by atoms with E-state index in [0.717, 1.165) is 25.2 Å². The van der Waals surface area contributed by atoms with Gasteiger partial charge >= 0.3 is 0 Å². The Kier molecular flexibility index (Phi) is 3.33. The normalized spacial score (nSPS) is 25.4. The average molecular weight is 228 g/mol. The summed E-state index contributed by atoms with van der Waals surface area (Å²) in [4.78, 5) is 3.61. The van der Waals surface area contributed by atoms with Gasteiger partial charge < -0.3 is 10.1 Å². The van der Waals surface area contributed by atoms with Crippen LogP contribution in [0.4, 0.5) is 8.78 Å². The maximum absolute atomic E-state index is 13.3. The van der Waals surface area contributed by atoms with Gasteiger partial charge in [0.1, 0.15) is 11.9 Å². The highest BCUT2D eigenvalue weighted by molar-refractivity contribution is 5.14. The van der Waals surface area contributed by atoms with E-state index in [1.165, 1.54) is 0 Å². The van der Waals surface area contributed by atoms with Crippen LogP contribution < -0.4 is 10.1 Å². The quantitative estimate of drug-likeness (QED) is 0.837. The van der Waals surface area contributed by atoms with Crippen molar-refractivity contribution in [2.24, 2.45) is 5.92 Å². The maximum atomic E-state index is 13.3. The lowest BCUT2D eigenvalue weighted by atomic mass is 9.97. The first-order valence-electron chi connectivity index (χ1n) is 5.35. The lowest BCUT2D eigenvalue weighted by Crippen LogP contribution is -2.43. The second kappa shape index (κ2) is 4.74. The molecule has 0 radical (unpaired) electrons. The van der Waals surface area contributed by atoms with Crippen molar-refractivity contribution < 1.29 is 13.5 Å². The zero-order valence-electron chi connectivity index (χ0n) is 9.04. The molecule has 0 bridgehead atoms. The van der Waals surface area contributed by atoms with Gasteiger partial charge in [0.15, 0.2) is 5.82 Å². The van der Waals surface area contributed by atoms with Gasteiger partial charge in [-0.3, -0.25) is 0 Å². The fourth-order valence-corrected chi connectivity index (χ4v) is 1.75. The molecule has 1 aliphatic rings. The van der Waals surface area contributed by atoms with Crippen molar-refractivity contribution in [1.29, 1.82) is 0 Å². The largest absolute Gasteiger partial charge is 0.471 e. The molecule has 1 fully saturated rings. The molecule has 2 atom stereocenters. The Labute approximate surface area is 92.8 Å². The molecular formula is C11H14F2N2O. The van der Waals surface area contributed by atoms with Crippen molar-refractivity contribution in [2.75, 3.05) is 13.1 Å². The first-order chi connectivity index (χ1) is 7.66. The lowest BCUT2D eigenvalue weighted by Gasteiger charge is -2.29. The van der Waals surface area contributed by atoms with Gasteiger partial charge in [-0.05, 0) is 18.9 Å². The summed E-state index contributed by atoms with van der Waals surface area (Å²) >= 11 is 0. The van der Waals surface area contributed by atoms with Crippen LogP contribution in [0.25, 0.3) is 0 Å². The second-order valence-electron chi connectivity index (χ2n) is 4.07. The van der Waals surface area contributed by atoms with Crippen molar-refractivity contribution in [2.45, 2.75) is 19.4 Å². The summed E-state index contributed by atoms with van der Waals surface area (Å²) in [7, 11) is 0. The zero-order valence-corrected chi connectivity index (χ0v) is 9.04. The van der Waals surface area contributed by atoms with Crippen molar-refractivity contribution in [3.63, 3.8) is 0 Å². The van der Waals surface area contributed by atoms with Crippen molar-refractivity contribution in [1.82, 2.24) is 10.3 Å². The van der Waals surface area contributed by atoms with E-state index in [1.807, 2.05) is 6.92 Å². The number of aromatic nitrogens is 1. The average Bonchev–Trinajstić information content (AvgIpc) is 2.25. The maximum Gasteiger partial charge on any atom is 0.250 e. The Morgan fingerprint density at radius 3 is 3.00 bits per heavy atom. The molecule has 0 aliphatic carbocycles. The van der Waals surface area contributed by atoms with Crippen LogP contribution in [0.15, 0.2) is 12.3 Å². The fraction of sp³-hybridized carbons (Fsp3) is 0.545. The SMILES string of the molecule is CC1CCNCC1Oc1ncc(F)cc1F. The van der Waals surface area contributed by atoms with E-state index >= 15 is 0 Å². The number of nitrogens with zero attached hydrogens (tertiary/aromatic N) is 1. The topological polar surface area (TPSA) is 34.1 Å². The molecule has 0 spiro atoms. The number of hydrogen-bond donors (Lipinski definition) is 1. The molecule has 1 aromatic rings. The van der Waals surface area contributed by atoms with Crippen LogP contribution in [0.5, 0.6) is 5.88 Å². The summed E-state index contributed by atoms with van der Waals surface area (Å²) < 4.78 is 31.4. The van der Waals surface area contributed by atoms with Crippen LogP contribution in [0.2, 0.25) is 0 Å². The minimum absolute atomic E-state index is 0.110. The molecule has 16 heavy (non-hydrogen) atoms. The van der Waals surface area contributed by atoms with E-state index < -0.39 is 11.6 Å². The second-order valence-corrected chi connectivity index (χ2v) is 4.07. The Bertz CT molecular complexity index is 373. The Hall–Kier alpha value is -1.23. The van der Waals surface area contributed by atoms with E-state index in [9.17, 15) is 8.78 Å². The molecule has 1 saturated heterocycles. The smallest absolute Gasteiger partial charge is 0.250 e. The Balaban J connectivity index is 2.07. The molecule has 2 rings (SSSR count). The number of ether oxygens (including phenoxy) is 1. The molecule has 1 aromatic heterocycles. The van der Waals surface area contributed by atoms with E-state index in [-0.39, 0.29) is 12.0 Å². The van der Waals surface area contributed by atoms with Crippen LogP contribution in [0, 0.1) is 17.6 Å². The molecule has 0 amide bonds. The molecule has 0 saturated carbocycles. The third-order valence-corrected chi connectivity index (χ3v) is 2.79. The lowest BCUT2D eigenvalue weighted by molar-refractivity contribution is 0.104. The van der Waals surface area contributed by atoms with Crippen LogP contribution in [-0.2, 0) is 0 Å². The number of piperidine rings is 1. The predicted molar refractivity (Wildman–Crippen MR) is 55.2 cm³/mol. The summed E-state index contributed by atoms with van der Waals surface area (Å²) in [6.07, 6.45) is 1.83. The van der Waals surface area contributed by atoms with Crippen molar-refractivity contribution in [3.8, 4) is 5.88 Å². The number of rotatable bonds is 2. The van der Waals surface area contributed by atoms with Gasteiger partial charge in [0.05, 0.1) is 6.20 Å². The van der Waals surface area contributed by atoms with Crippen molar-refractivity contribution in [3.05, 3.63) is 23.9 Å². The van der Waals surface area contributed by atoms with Crippen molar-refractivity contribution >= 4 is 0 Å². The van der Waals surface area contributed by atoms with Gasteiger partial charge in [0, 0.05) is 12.6 Å².